The third kappa shape index (κ3) is 2.92. The minimum atomic E-state index is -1.20. The summed E-state index contributed by atoms with van der Waals surface area (Å²) in [5, 5.41) is 2.69. The smallest absolute Gasteiger partial charge is 0.338 e. The largest absolute Gasteiger partial charge is 0.465 e. The highest BCUT2D eigenvalue weighted by Crippen LogP contribution is 2.30. The van der Waals surface area contributed by atoms with Crippen LogP contribution in [0.2, 0.25) is 0 Å². The number of nitrogens with one attached hydrogen (secondary N) is 1. The van der Waals surface area contributed by atoms with Gasteiger partial charge in [-0.2, -0.15) is 0 Å². The lowest BCUT2D eigenvalue weighted by Crippen LogP contribution is -2.40. The molecular weight excluding hydrogens is 339 g/mol. The Kier molecular flexibility index (Phi) is 4.46. The number of carbonyl (C=O) groups excluding carboxylic acids is 3. The molecule has 1 saturated heterocycles. The predicted molar refractivity (Wildman–Crippen MR) is 90.6 cm³/mol. The number of halogens is 1. The van der Waals surface area contributed by atoms with Gasteiger partial charge in [-0.1, -0.05) is 36.4 Å². The van der Waals surface area contributed by atoms with Crippen molar-refractivity contribution < 1.29 is 23.5 Å². The van der Waals surface area contributed by atoms with Gasteiger partial charge >= 0.3 is 12.0 Å². The first-order chi connectivity index (χ1) is 12.4. The molecule has 1 N–H and O–H groups in total. The Bertz CT molecular complexity index is 884. The molecule has 0 bridgehead atoms. The van der Waals surface area contributed by atoms with E-state index in [1.807, 2.05) is 6.07 Å². The van der Waals surface area contributed by atoms with Crippen molar-refractivity contribution in [3.05, 3.63) is 71.0 Å². The summed E-state index contributed by atoms with van der Waals surface area (Å²) in [5.74, 6) is -1.80. The van der Waals surface area contributed by atoms with Crippen LogP contribution in [0.4, 0.5) is 9.18 Å². The second-order valence-electron chi connectivity index (χ2n) is 6.11. The van der Waals surface area contributed by atoms with Crippen molar-refractivity contribution in [2.75, 3.05) is 7.11 Å². The van der Waals surface area contributed by atoms with Crippen molar-refractivity contribution in [1.82, 2.24) is 10.2 Å². The fourth-order valence-electron chi connectivity index (χ4n) is 2.96. The second kappa shape index (κ2) is 6.59. The maximum Gasteiger partial charge on any atom is 0.338 e. The monoisotopic (exact) mass is 356 g/mol. The number of hydrogen-bond donors (Lipinski definition) is 1. The van der Waals surface area contributed by atoms with Crippen LogP contribution in [0.5, 0.6) is 0 Å². The molecule has 0 saturated carbocycles. The number of esters is 1. The maximum absolute atomic E-state index is 13.5. The molecule has 0 aliphatic carbocycles. The van der Waals surface area contributed by atoms with Crippen molar-refractivity contribution in [2.24, 2.45) is 0 Å². The number of nitrogens with zero attached hydrogens (tertiary/aromatic N) is 1. The van der Waals surface area contributed by atoms with E-state index in [0.717, 1.165) is 17.0 Å². The topological polar surface area (TPSA) is 75.7 Å². The number of ether oxygens (including phenoxy) is 1. The first-order valence-corrected chi connectivity index (χ1v) is 7.93. The Balaban J connectivity index is 1.94. The summed E-state index contributed by atoms with van der Waals surface area (Å²) in [6, 6.07) is 11.8. The normalized spacial score (nSPS) is 19.4. The Morgan fingerprint density at radius 1 is 1.19 bits per heavy atom. The van der Waals surface area contributed by atoms with Crippen LogP contribution in [0.1, 0.15) is 28.4 Å². The van der Waals surface area contributed by atoms with Gasteiger partial charge in [-0.05, 0) is 30.2 Å². The van der Waals surface area contributed by atoms with Gasteiger partial charge in [0, 0.05) is 0 Å². The summed E-state index contributed by atoms with van der Waals surface area (Å²) in [6.45, 7) is 1.45. The van der Waals surface area contributed by atoms with E-state index in [4.69, 9.17) is 0 Å². The lowest BCUT2D eigenvalue weighted by molar-refractivity contribution is -0.131. The van der Waals surface area contributed by atoms with Crippen molar-refractivity contribution in [3.63, 3.8) is 0 Å². The van der Waals surface area contributed by atoms with Crippen LogP contribution in [0, 0.1) is 5.82 Å². The molecule has 7 heteroatoms. The maximum atomic E-state index is 13.5. The average Bonchev–Trinajstić information content (AvgIpc) is 2.87. The molecule has 2 aromatic rings. The van der Waals surface area contributed by atoms with Crippen LogP contribution in [0.3, 0.4) is 0 Å². The average molecular weight is 356 g/mol. The lowest BCUT2D eigenvalue weighted by atomic mass is 9.92. The van der Waals surface area contributed by atoms with Crippen molar-refractivity contribution in [3.8, 4) is 0 Å². The molecule has 26 heavy (non-hydrogen) atoms. The zero-order chi connectivity index (χ0) is 18.9. The fraction of sp³-hybridized carbons (Fsp3) is 0.211. The third-order valence-corrected chi connectivity index (χ3v) is 4.43. The highest BCUT2D eigenvalue weighted by molar-refractivity contribution is 6.07. The van der Waals surface area contributed by atoms with E-state index in [1.54, 1.807) is 31.2 Å². The molecule has 0 aromatic heterocycles. The molecule has 134 valence electrons. The van der Waals surface area contributed by atoms with Gasteiger partial charge in [0.1, 0.15) is 11.4 Å². The summed E-state index contributed by atoms with van der Waals surface area (Å²) in [4.78, 5) is 38.2. The summed E-state index contributed by atoms with van der Waals surface area (Å²) >= 11 is 0. The molecule has 1 fully saturated rings. The van der Waals surface area contributed by atoms with E-state index < -0.39 is 29.3 Å². The summed E-state index contributed by atoms with van der Waals surface area (Å²) in [5.41, 5.74) is -0.266. The van der Waals surface area contributed by atoms with E-state index in [1.165, 1.54) is 13.2 Å². The quantitative estimate of drug-likeness (QED) is 0.675. The number of hydrogen-bond acceptors (Lipinski definition) is 4. The first kappa shape index (κ1) is 17.6. The van der Waals surface area contributed by atoms with Gasteiger partial charge in [0.05, 0.1) is 19.2 Å². The standard InChI is InChI=1S/C19H17FN2O4/c1-19(13-6-4-3-5-7-13)17(24)22(18(25)21-19)11-12-8-9-14(20)10-15(12)16(23)26-2/h3-10H,11H2,1-2H3,(H,21,25). The fourth-order valence-corrected chi connectivity index (χ4v) is 2.96. The van der Waals surface area contributed by atoms with Crippen LogP contribution in [-0.4, -0.2) is 29.9 Å². The van der Waals surface area contributed by atoms with Gasteiger partial charge in [-0.15, -0.1) is 0 Å². The number of carbonyl (C=O) groups is 3. The number of amides is 3. The number of imide groups is 1. The molecular formula is C19H17FN2O4. The Morgan fingerprint density at radius 2 is 1.88 bits per heavy atom. The Labute approximate surface area is 149 Å². The highest BCUT2D eigenvalue weighted by Gasteiger charge is 2.49. The van der Waals surface area contributed by atoms with Crippen LogP contribution >= 0.6 is 0 Å². The van der Waals surface area contributed by atoms with E-state index in [2.05, 4.69) is 10.1 Å². The van der Waals surface area contributed by atoms with Gasteiger partial charge in [0.2, 0.25) is 0 Å². The summed E-state index contributed by atoms with van der Waals surface area (Å²) in [7, 11) is 1.18. The van der Waals surface area contributed by atoms with Gasteiger partial charge < -0.3 is 10.1 Å². The SMILES string of the molecule is COC(=O)c1cc(F)ccc1CN1C(=O)NC(C)(c2ccccc2)C1=O. The van der Waals surface area contributed by atoms with Crippen LogP contribution in [0.15, 0.2) is 48.5 Å². The summed E-state index contributed by atoms with van der Waals surface area (Å²) < 4.78 is 18.1. The molecule has 1 aliphatic rings. The molecule has 2 aromatic carbocycles. The van der Waals surface area contributed by atoms with Crippen LogP contribution < -0.4 is 5.32 Å². The summed E-state index contributed by atoms with van der Waals surface area (Å²) in [6.07, 6.45) is 0. The molecule has 0 spiro atoms. The zero-order valence-corrected chi connectivity index (χ0v) is 14.3. The van der Waals surface area contributed by atoms with Crippen molar-refractivity contribution in [2.45, 2.75) is 19.0 Å². The molecule has 0 radical (unpaired) electrons. The molecule has 1 heterocycles. The van der Waals surface area contributed by atoms with E-state index in [-0.39, 0.29) is 12.1 Å². The van der Waals surface area contributed by atoms with Gasteiger partial charge in [0.25, 0.3) is 5.91 Å². The Hall–Kier alpha value is -3.22. The van der Waals surface area contributed by atoms with Gasteiger partial charge in [-0.25, -0.2) is 14.0 Å². The zero-order valence-electron chi connectivity index (χ0n) is 14.3. The third-order valence-electron chi connectivity index (χ3n) is 4.43. The second-order valence-corrected chi connectivity index (χ2v) is 6.11. The Morgan fingerprint density at radius 3 is 2.54 bits per heavy atom. The predicted octanol–water partition coefficient (Wildman–Crippen LogP) is 2.58. The first-order valence-electron chi connectivity index (χ1n) is 7.93. The number of methoxy groups -OCH3 is 1. The number of urea groups is 1. The molecule has 3 amide bonds. The molecule has 1 aliphatic heterocycles. The van der Waals surface area contributed by atoms with Crippen LogP contribution in [-0.2, 0) is 21.6 Å². The molecule has 3 rings (SSSR count). The van der Waals surface area contributed by atoms with E-state index in [0.29, 0.717) is 11.1 Å². The highest BCUT2D eigenvalue weighted by atomic mass is 19.1. The minimum absolute atomic E-state index is 0.0265. The van der Waals surface area contributed by atoms with Gasteiger partial charge in [0.15, 0.2) is 0 Å². The lowest BCUT2D eigenvalue weighted by Gasteiger charge is -2.22. The number of benzene rings is 2. The molecule has 1 unspecified atom stereocenters. The van der Waals surface area contributed by atoms with Crippen molar-refractivity contribution in [1.29, 1.82) is 0 Å². The molecule has 6 nitrogen and oxygen atoms in total. The van der Waals surface area contributed by atoms with Gasteiger partial charge in [-0.3, -0.25) is 9.69 Å². The molecule has 1 atom stereocenters. The minimum Gasteiger partial charge on any atom is -0.465 e. The van der Waals surface area contributed by atoms with Crippen molar-refractivity contribution >= 4 is 17.9 Å². The van der Waals surface area contributed by atoms with Crippen LogP contribution in [0.25, 0.3) is 0 Å². The number of rotatable bonds is 4. The van der Waals surface area contributed by atoms with E-state index >= 15 is 0 Å². The van der Waals surface area contributed by atoms with E-state index in [9.17, 15) is 18.8 Å².